The van der Waals surface area contributed by atoms with Gasteiger partial charge in [0, 0.05) is 1.43 Å². The van der Waals surface area contributed by atoms with Crippen molar-refractivity contribution < 1.29 is 11.0 Å². The van der Waals surface area contributed by atoms with Gasteiger partial charge >= 0.3 is 0 Å². The Kier molecular flexibility index (Phi) is 8.13. The zero-order chi connectivity index (χ0) is 8.04. The van der Waals surface area contributed by atoms with Crippen LogP contribution in [0.25, 0.3) is 0 Å². The maximum atomic E-state index is 8.74. The summed E-state index contributed by atoms with van der Waals surface area (Å²) in [5.41, 5.74) is 0. The second kappa shape index (κ2) is 6.62. The van der Waals surface area contributed by atoms with Crippen LogP contribution in [0, 0.1) is 0 Å². The molecule has 1 N–H and O–H groups in total. The number of nitrogens with zero attached hydrogens (tertiary/aromatic N) is 1. The van der Waals surface area contributed by atoms with E-state index in [-0.39, 0.29) is 8.85 Å². The normalized spacial score (nSPS) is 15.3. The minimum Gasteiger partial charge on any atom is -0.391 e. The maximum absolute atomic E-state index is 8.74. The Morgan fingerprint density at radius 1 is 1.27 bits per heavy atom. The van der Waals surface area contributed by atoms with Crippen LogP contribution in [0.2, 0.25) is 0 Å². The molecule has 1 unspecified atom stereocenters. The van der Waals surface area contributed by atoms with Crippen LogP contribution in [0.15, 0.2) is 0 Å². The van der Waals surface area contributed by atoms with Crippen molar-refractivity contribution in [1.82, 2.24) is 0 Å². The monoisotopic (exact) mass is 164 g/mol. The number of aliphatic hydroxyl groups excluding tert-OH is 1. The molecule has 0 saturated heterocycles. The van der Waals surface area contributed by atoms with Gasteiger partial charge in [0.15, 0.2) is 0 Å². The van der Waals surface area contributed by atoms with Crippen LogP contribution in [0.5, 0.6) is 0 Å². The lowest BCUT2D eigenvalue weighted by Crippen LogP contribution is -2.46. The van der Waals surface area contributed by atoms with E-state index >= 15 is 0 Å². The Morgan fingerprint density at radius 2 is 1.82 bits per heavy atom. The summed E-state index contributed by atoms with van der Waals surface area (Å²) in [7, 11) is 2.19. The SMILES string of the molecule is C.CCC[N+](C)(CC)CCO.[HH]. The molecule has 0 aliphatic heterocycles. The van der Waals surface area contributed by atoms with Gasteiger partial charge in [0.1, 0.15) is 6.54 Å². The van der Waals surface area contributed by atoms with Gasteiger partial charge in [-0.15, -0.1) is 0 Å². The average Bonchev–Trinajstić information content (AvgIpc) is 1.89. The van der Waals surface area contributed by atoms with Gasteiger partial charge in [0.05, 0.1) is 26.7 Å². The third-order valence-electron chi connectivity index (χ3n) is 2.17. The van der Waals surface area contributed by atoms with Crippen LogP contribution in [-0.4, -0.2) is 42.9 Å². The van der Waals surface area contributed by atoms with Gasteiger partial charge in [-0.1, -0.05) is 14.4 Å². The molecule has 0 rings (SSSR count). The third-order valence-corrected chi connectivity index (χ3v) is 2.17. The van der Waals surface area contributed by atoms with Crippen molar-refractivity contribution in [2.45, 2.75) is 27.7 Å². The van der Waals surface area contributed by atoms with E-state index in [0.717, 1.165) is 17.6 Å². The van der Waals surface area contributed by atoms with Gasteiger partial charge in [-0.05, 0) is 13.3 Å². The number of aliphatic hydroxyl groups is 1. The zero-order valence-corrected chi connectivity index (χ0v) is 7.43. The Balaban J connectivity index is -0.000000405. The van der Waals surface area contributed by atoms with E-state index in [1.807, 2.05) is 0 Å². The van der Waals surface area contributed by atoms with Gasteiger partial charge in [-0.3, -0.25) is 0 Å². The minimum absolute atomic E-state index is 0. The first-order chi connectivity index (χ1) is 4.68. The number of likely N-dealkylation sites (N-methyl/N-ethyl adjacent to an activating group) is 1. The Labute approximate surface area is 72.9 Å². The smallest absolute Gasteiger partial charge is 0.102 e. The van der Waals surface area contributed by atoms with Gasteiger partial charge in [0.25, 0.3) is 0 Å². The summed E-state index contributed by atoms with van der Waals surface area (Å²) < 4.78 is 1.01. The lowest BCUT2D eigenvalue weighted by molar-refractivity contribution is -0.908. The molecule has 1 atom stereocenters. The molecule has 0 aliphatic carbocycles. The topological polar surface area (TPSA) is 20.2 Å². The molecule has 0 amide bonds. The highest BCUT2D eigenvalue weighted by atomic mass is 16.3. The lowest BCUT2D eigenvalue weighted by atomic mass is 10.3. The van der Waals surface area contributed by atoms with Gasteiger partial charge in [-0.25, -0.2) is 0 Å². The van der Waals surface area contributed by atoms with E-state index in [2.05, 4.69) is 20.9 Å². The Morgan fingerprint density at radius 3 is 2.09 bits per heavy atom. The number of hydrogen-bond donors (Lipinski definition) is 1. The molecule has 0 aromatic rings. The first-order valence-electron chi connectivity index (χ1n) is 4.13. The van der Waals surface area contributed by atoms with Gasteiger partial charge in [-0.2, -0.15) is 0 Å². The molecular formula is C9H26NO+. The molecule has 0 spiro atoms. The second-order valence-electron chi connectivity index (χ2n) is 3.11. The van der Waals surface area contributed by atoms with E-state index in [1.54, 1.807) is 0 Å². The molecule has 0 aliphatic rings. The van der Waals surface area contributed by atoms with Crippen molar-refractivity contribution in [2.24, 2.45) is 0 Å². The minimum atomic E-state index is 0. The van der Waals surface area contributed by atoms with Crippen LogP contribution in [0.3, 0.4) is 0 Å². The molecule has 72 valence electrons. The van der Waals surface area contributed by atoms with Crippen LogP contribution in [0.4, 0.5) is 0 Å². The highest BCUT2D eigenvalue weighted by Gasteiger charge is 2.15. The van der Waals surface area contributed by atoms with E-state index in [4.69, 9.17) is 5.11 Å². The first kappa shape index (κ1) is 13.5. The molecule has 0 aromatic heterocycles. The zero-order valence-electron chi connectivity index (χ0n) is 7.43. The summed E-state index contributed by atoms with van der Waals surface area (Å²) in [6.45, 7) is 7.86. The number of rotatable bonds is 5. The fraction of sp³-hybridized carbons (Fsp3) is 1.00. The van der Waals surface area contributed by atoms with Crippen LogP contribution < -0.4 is 0 Å². The molecular weight excluding hydrogens is 138 g/mol. The van der Waals surface area contributed by atoms with Crippen LogP contribution >= 0.6 is 0 Å². The fourth-order valence-electron chi connectivity index (χ4n) is 1.21. The predicted molar refractivity (Wildman–Crippen MR) is 52.7 cm³/mol. The van der Waals surface area contributed by atoms with Crippen molar-refractivity contribution in [2.75, 3.05) is 33.3 Å². The predicted octanol–water partition coefficient (Wildman–Crippen LogP) is 1.74. The van der Waals surface area contributed by atoms with Crippen molar-refractivity contribution in [3.63, 3.8) is 0 Å². The standard InChI is InChI=1S/C8H20NO.CH4.H2/c1-4-6-9(3,5-2)7-8-10;;/h10H,4-8H2,1-3H3;1H4;1H/q+1;;. The third kappa shape index (κ3) is 5.22. The number of hydrogen-bond acceptors (Lipinski definition) is 1. The summed E-state index contributed by atoms with van der Waals surface area (Å²) in [5.74, 6) is 0. The summed E-state index contributed by atoms with van der Waals surface area (Å²) in [6.07, 6.45) is 1.20. The van der Waals surface area contributed by atoms with Crippen molar-refractivity contribution >= 4 is 0 Å². The molecule has 0 fully saturated rings. The fourth-order valence-corrected chi connectivity index (χ4v) is 1.21. The quantitative estimate of drug-likeness (QED) is 0.614. The summed E-state index contributed by atoms with van der Waals surface area (Å²) >= 11 is 0. The summed E-state index contributed by atoms with van der Waals surface area (Å²) in [4.78, 5) is 0. The molecule has 11 heavy (non-hydrogen) atoms. The largest absolute Gasteiger partial charge is 0.391 e. The molecule has 0 aromatic carbocycles. The first-order valence-corrected chi connectivity index (χ1v) is 4.13. The van der Waals surface area contributed by atoms with E-state index in [9.17, 15) is 0 Å². The highest BCUT2D eigenvalue weighted by Crippen LogP contribution is 2.01. The van der Waals surface area contributed by atoms with Gasteiger partial charge in [0.2, 0.25) is 0 Å². The average molecular weight is 164 g/mol. The summed E-state index contributed by atoms with van der Waals surface area (Å²) in [5, 5.41) is 8.74. The molecule has 2 nitrogen and oxygen atoms in total. The Bertz CT molecular complexity index is 82.6. The molecule has 0 bridgehead atoms. The molecule has 2 heteroatoms. The van der Waals surface area contributed by atoms with E-state index in [0.29, 0.717) is 6.61 Å². The van der Waals surface area contributed by atoms with E-state index < -0.39 is 0 Å². The molecule has 0 radical (unpaired) electrons. The van der Waals surface area contributed by atoms with Crippen molar-refractivity contribution in [3.8, 4) is 0 Å². The van der Waals surface area contributed by atoms with Crippen molar-refractivity contribution in [3.05, 3.63) is 0 Å². The van der Waals surface area contributed by atoms with Gasteiger partial charge < -0.3 is 9.59 Å². The highest BCUT2D eigenvalue weighted by molar-refractivity contribution is 4.34. The molecule has 0 heterocycles. The van der Waals surface area contributed by atoms with Crippen molar-refractivity contribution in [1.29, 1.82) is 0 Å². The summed E-state index contributed by atoms with van der Waals surface area (Å²) in [6, 6.07) is 0. The van der Waals surface area contributed by atoms with Crippen LogP contribution in [-0.2, 0) is 0 Å². The maximum Gasteiger partial charge on any atom is 0.102 e. The number of quaternary nitrogens is 1. The second-order valence-corrected chi connectivity index (χ2v) is 3.11. The van der Waals surface area contributed by atoms with E-state index in [1.165, 1.54) is 13.0 Å². The molecule has 0 saturated carbocycles. The van der Waals surface area contributed by atoms with Crippen LogP contribution in [0.1, 0.15) is 29.1 Å². The Hall–Kier alpha value is -0.0800. The lowest BCUT2D eigenvalue weighted by Gasteiger charge is -2.32.